The normalized spacial score (nSPS) is 18.2. The van der Waals surface area contributed by atoms with Gasteiger partial charge in [0.15, 0.2) is 0 Å². The molecule has 0 aromatic heterocycles. The molecule has 0 N–H and O–H groups in total. The summed E-state index contributed by atoms with van der Waals surface area (Å²) in [5, 5.41) is 0.999. The summed E-state index contributed by atoms with van der Waals surface area (Å²) in [5.41, 5.74) is 3.85. The molecule has 0 saturated carbocycles. The van der Waals surface area contributed by atoms with Crippen molar-refractivity contribution < 1.29 is 53.9 Å². The minimum atomic E-state index is -4.69. The molecule has 28 heteroatoms. The fourth-order valence-corrected chi connectivity index (χ4v) is 18.0. The number of likely N-dealkylation sites (tertiary alicyclic amines) is 2. The van der Waals surface area contributed by atoms with Gasteiger partial charge in [-0.15, -0.1) is 24.8 Å². The van der Waals surface area contributed by atoms with Crippen LogP contribution in [0, 0.1) is 0 Å². The van der Waals surface area contributed by atoms with Gasteiger partial charge in [-0.25, -0.2) is 0 Å². The summed E-state index contributed by atoms with van der Waals surface area (Å²) < 4.78 is 106. The van der Waals surface area contributed by atoms with Crippen LogP contribution in [0.4, 0.5) is 26.3 Å². The highest BCUT2D eigenvalue weighted by Gasteiger charge is 2.51. The Morgan fingerprint density at radius 1 is 0.469 bits per heavy atom. The first-order chi connectivity index (χ1) is 43.5. The fraction of sp³-hybridized carbons (Fsp3) is 0.412. The zero-order valence-corrected chi connectivity index (χ0v) is 61.4. The lowest BCUT2D eigenvalue weighted by Crippen LogP contribution is -2.56. The zero-order valence-electron chi connectivity index (χ0n) is 53.1. The monoisotopic (exact) mass is 1530 g/mol. The lowest BCUT2D eigenvalue weighted by molar-refractivity contribution is -0.163. The van der Waals surface area contributed by atoms with E-state index in [2.05, 4.69) is 21.9 Å². The minimum absolute atomic E-state index is 0. The third-order valence-electron chi connectivity index (χ3n) is 18.9. The average molecular weight is 1530 g/mol. The zero-order chi connectivity index (χ0) is 66.6. The van der Waals surface area contributed by atoms with Gasteiger partial charge >= 0.3 is 12.4 Å². The van der Waals surface area contributed by atoms with Gasteiger partial charge < -0.3 is 29.4 Å². The number of rotatable bonds is 18. The second kappa shape index (κ2) is 34.2. The van der Waals surface area contributed by atoms with Gasteiger partial charge in [-0.2, -0.15) is 53.3 Å². The molecule has 4 heterocycles. The smallest absolute Gasteiger partial charge is 0.343 e. The molecule has 4 aliphatic rings. The summed E-state index contributed by atoms with van der Waals surface area (Å²) in [6.45, 7) is 3.08. The Kier molecular flexibility index (Phi) is 29.3. The van der Waals surface area contributed by atoms with Crippen molar-refractivity contribution >= 4 is 143 Å². The molecule has 524 valence electrons. The van der Waals surface area contributed by atoms with Crippen LogP contribution in [-0.4, -0.2) is 154 Å². The summed E-state index contributed by atoms with van der Waals surface area (Å²) >= 11 is 25.5. The van der Waals surface area contributed by atoms with Gasteiger partial charge in [0.25, 0.3) is 11.8 Å². The van der Waals surface area contributed by atoms with Crippen LogP contribution in [0.25, 0.3) is 0 Å². The van der Waals surface area contributed by atoms with E-state index < -0.39 is 79.2 Å². The predicted molar refractivity (Wildman–Crippen MR) is 386 cm³/mol. The van der Waals surface area contributed by atoms with Crippen LogP contribution >= 0.6 is 98.2 Å². The molecule has 0 bridgehead atoms. The van der Waals surface area contributed by atoms with Gasteiger partial charge in [-0.05, 0) is 147 Å². The molecule has 2 unspecified atom stereocenters. The van der Waals surface area contributed by atoms with Crippen molar-refractivity contribution in [2.45, 2.75) is 95.8 Å². The highest BCUT2D eigenvalue weighted by Crippen LogP contribution is 2.49. The highest BCUT2D eigenvalue weighted by atomic mass is 35.5. The lowest BCUT2D eigenvalue weighted by atomic mass is 9.82. The van der Waals surface area contributed by atoms with Gasteiger partial charge in [0.1, 0.15) is 12.8 Å². The van der Waals surface area contributed by atoms with Gasteiger partial charge in [0, 0.05) is 98.6 Å². The van der Waals surface area contributed by atoms with E-state index in [0.717, 1.165) is 32.1 Å². The van der Waals surface area contributed by atoms with Crippen LogP contribution < -0.4 is 0 Å². The molecular weight excluding hydrogens is 1450 g/mol. The molecular formula is C68H78Cl6F6N6O6S4. The number of nitrogens with zero attached hydrogens (tertiary/aromatic N) is 6. The molecule has 2 saturated heterocycles. The Morgan fingerprint density at radius 3 is 1.09 bits per heavy atom. The number of hydrogen-bond donors (Lipinski definition) is 0. The van der Waals surface area contributed by atoms with E-state index in [1.165, 1.54) is 23.9 Å². The molecule has 0 aliphatic carbocycles. The molecule has 6 aromatic carbocycles. The number of hydrogen-bond acceptors (Lipinski definition) is 8. The maximum absolute atomic E-state index is 14.0. The number of carbonyl (C=O) groups is 4. The number of carbonyl (C=O) groups excluding carboxylic acids is 4. The van der Waals surface area contributed by atoms with E-state index in [0.29, 0.717) is 98.7 Å². The molecule has 6 aromatic rings. The third kappa shape index (κ3) is 18.3. The van der Waals surface area contributed by atoms with E-state index in [-0.39, 0.29) is 110 Å². The van der Waals surface area contributed by atoms with Crippen LogP contribution in [0.3, 0.4) is 0 Å². The first kappa shape index (κ1) is 82.1. The fourth-order valence-electron chi connectivity index (χ4n) is 13.6. The molecule has 0 radical (unpaired) electrons. The average Bonchev–Trinajstić information content (AvgIpc) is 1.62. The molecule has 12 nitrogen and oxygen atoms in total. The summed E-state index contributed by atoms with van der Waals surface area (Å²) in [7, 11) is 3.77. The van der Waals surface area contributed by atoms with E-state index in [4.69, 9.17) is 46.4 Å². The Morgan fingerprint density at radius 2 is 0.781 bits per heavy atom. The molecule has 4 atom stereocenters. The van der Waals surface area contributed by atoms with E-state index in [9.17, 15) is 53.9 Å². The summed E-state index contributed by atoms with van der Waals surface area (Å²) in [6, 6.07) is 43.1. The van der Waals surface area contributed by atoms with Crippen LogP contribution in [-0.2, 0) is 63.3 Å². The number of alkyl halides is 6. The summed E-state index contributed by atoms with van der Waals surface area (Å²) in [4.78, 5) is 63.3. The maximum atomic E-state index is 14.0. The number of halogens is 12. The Hall–Kier alpha value is -4.56. The van der Waals surface area contributed by atoms with Crippen molar-refractivity contribution in [1.82, 2.24) is 29.4 Å². The third-order valence-corrected chi connectivity index (χ3v) is 24.5. The second-order valence-corrected chi connectivity index (χ2v) is 29.5. The number of piperidine rings is 2. The van der Waals surface area contributed by atoms with Gasteiger partial charge in [0.2, 0.25) is 11.8 Å². The van der Waals surface area contributed by atoms with Crippen LogP contribution in [0.2, 0.25) is 20.1 Å². The van der Waals surface area contributed by atoms with Crippen molar-refractivity contribution in [2.24, 2.45) is 0 Å². The SMILES string of the molecule is CN(C[C@](CCN1CCC2(CC1)c1ccccc1CS2=O)(c1ccc(Cl)c(Cl)c1)N(C)C(=O)c1ccccc1)C(=O)CC(F)(F)F.CN(C[C@](CCN1CCC2(CC1)c1ccccc1CS2=O)(c1ccc(Cl)c(Cl)c1)N(C)C(=O)c1ccccc1)C(=O)CC(F)(F)F.Cl.Cl.S.S. The first-order valence-corrected chi connectivity index (χ1v) is 34.2. The Balaban J connectivity index is 0.000000333. The van der Waals surface area contributed by atoms with Crippen LogP contribution in [0.1, 0.15) is 105 Å². The van der Waals surface area contributed by atoms with Gasteiger partial charge in [0.05, 0.1) is 40.7 Å². The minimum Gasteiger partial charge on any atom is -0.343 e. The predicted octanol–water partition coefficient (Wildman–Crippen LogP) is 15.1. The lowest BCUT2D eigenvalue weighted by Gasteiger charge is -2.47. The highest BCUT2D eigenvalue weighted by molar-refractivity contribution is 7.85. The summed E-state index contributed by atoms with van der Waals surface area (Å²) in [6.07, 6.45) is -9.30. The molecule has 10 rings (SSSR count). The second-order valence-electron chi connectivity index (χ2n) is 24.3. The van der Waals surface area contributed by atoms with Crippen molar-refractivity contribution in [3.05, 3.63) is 210 Å². The standard InChI is InChI=1S/2C34H36Cl2F3N3O3S.2ClH.2H2S/c2*1-40(30(43)21-34(37,38)39)23-32(26-12-13-28(35)29(36)20-26,41(2)31(44)24-8-4-3-5-9-24)14-17-42-18-15-33(16-19-42)27-11-7-6-10-25(27)22-46(33)45;;;;/h2*3-13,20H,14-19,21-23H2,1-2H3;2*1H;2*1H2/t2*32-,46?;;;;/m11..../s1. The number of likely N-dealkylation sites (N-methyl/N-ethyl adjacent to an activating group) is 4. The molecule has 96 heavy (non-hydrogen) atoms. The summed E-state index contributed by atoms with van der Waals surface area (Å²) in [5.74, 6) is -1.86. The molecule has 2 fully saturated rings. The van der Waals surface area contributed by atoms with Crippen molar-refractivity contribution in [2.75, 3.05) is 80.5 Å². The Labute approximate surface area is 608 Å². The molecule has 4 aliphatic heterocycles. The number of benzene rings is 6. The van der Waals surface area contributed by atoms with Crippen LogP contribution in [0.5, 0.6) is 0 Å². The first-order valence-electron chi connectivity index (χ1n) is 30.1. The van der Waals surface area contributed by atoms with Crippen molar-refractivity contribution in [1.29, 1.82) is 0 Å². The van der Waals surface area contributed by atoms with Gasteiger partial charge in [-0.1, -0.05) is 143 Å². The topological polar surface area (TPSA) is 122 Å². The molecule has 2 spiro atoms. The van der Waals surface area contributed by atoms with Crippen molar-refractivity contribution in [3.63, 3.8) is 0 Å². The molecule has 4 amide bonds. The van der Waals surface area contributed by atoms with Crippen LogP contribution in [0.15, 0.2) is 146 Å². The number of fused-ring (bicyclic) bond motifs is 4. The quantitative estimate of drug-likeness (QED) is 0.0780. The number of amides is 4. The Bertz CT molecular complexity index is 3490. The van der Waals surface area contributed by atoms with Gasteiger partial charge in [-0.3, -0.25) is 27.6 Å². The van der Waals surface area contributed by atoms with E-state index in [1.807, 2.05) is 36.4 Å². The maximum Gasteiger partial charge on any atom is 0.397 e. The van der Waals surface area contributed by atoms with Crippen molar-refractivity contribution in [3.8, 4) is 0 Å². The van der Waals surface area contributed by atoms with E-state index in [1.54, 1.807) is 111 Å². The largest absolute Gasteiger partial charge is 0.397 e. The van der Waals surface area contributed by atoms with E-state index >= 15 is 0 Å².